The summed E-state index contributed by atoms with van der Waals surface area (Å²) in [6, 6.07) is 24.4. The number of hydrogen-bond acceptors (Lipinski definition) is 11. The Bertz CT molecular complexity index is 3150. The number of benzene rings is 2. The predicted octanol–water partition coefficient (Wildman–Crippen LogP) is 14.3. The van der Waals surface area contributed by atoms with Crippen LogP contribution in [0.15, 0.2) is 72.8 Å². The lowest BCUT2D eigenvalue weighted by molar-refractivity contribution is 0.0173. The number of amides is 3. The summed E-state index contributed by atoms with van der Waals surface area (Å²) >= 11 is 3.75. The van der Waals surface area contributed by atoms with Crippen molar-refractivity contribution < 1.29 is 28.6 Å². The molecule has 81 heavy (non-hydrogen) atoms. The molecule has 4 aromatic heterocycles. The number of fused-ring (bicyclic) bond motifs is 2. The van der Waals surface area contributed by atoms with Crippen molar-refractivity contribution in [3.63, 3.8) is 0 Å². The number of nitrogens with zero attached hydrogens (tertiary/aromatic N) is 5. The number of hydrogen-bond donors (Lipinski definition) is 1. The van der Waals surface area contributed by atoms with Crippen LogP contribution in [0.4, 0.5) is 4.79 Å². The molecule has 2 saturated heterocycles. The molecule has 0 spiro atoms. The van der Waals surface area contributed by atoms with E-state index in [2.05, 4.69) is 71.1 Å². The number of nitrogens with one attached hydrogen (secondary N) is 1. The standard InChI is InChI=1S/C36H47N3O4S.C31H39N3O2S/c1-8-28(27-14-17-38(18-15-27)35(41)43-36(5,6)7)32-25(4)31-30(44-32)16-19-39(34(31)40)21-29-23(2)20-24(3)37-33(29)42-22-26-12-10-9-11-13-26;1-5-25(24-11-14-32-15-12-24)29-22(4)28-27(37-29)13-16-34(31(28)35)18-26-20(2)17-21(3)33-30(26)36-19-23-9-7-6-8-10-23/h9-13,20,27-28H,8,14-19,21-22H2,1-7H3;6-10,17,24-25,32H,5,11-16,18-19H2,1-4H3. The van der Waals surface area contributed by atoms with E-state index in [0.717, 1.165) is 120 Å². The fourth-order valence-electron chi connectivity index (χ4n) is 12.7. The van der Waals surface area contributed by atoms with Crippen LogP contribution >= 0.6 is 22.7 Å². The topological polar surface area (TPSA) is 126 Å². The second-order valence-electron chi connectivity index (χ2n) is 23.9. The first kappa shape index (κ1) is 59.5. The monoisotopic (exact) mass is 1130 g/mol. The molecule has 432 valence electrons. The molecule has 0 radical (unpaired) electrons. The lowest BCUT2D eigenvalue weighted by Crippen LogP contribution is -2.42. The first-order chi connectivity index (χ1) is 38.9. The third-order valence-corrected chi connectivity index (χ3v) is 20.0. The Balaban J connectivity index is 0.000000198. The molecule has 1 N–H and O–H groups in total. The fraction of sp³-hybridized carbons (Fsp3) is 0.507. The minimum absolute atomic E-state index is 0.106. The number of thiophene rings is 2. The second kappa shape index (κ2) is 26.4. The number of likely N-dealkylation sites (tertiary alicyclic amines) is 1. The van der Waals surface area contributed by atoms with Gasteiger partial charge in [0.25, 0.3) is 11.8 Å². The van der Waals surface area contributed by atoms with Gasteiger partial charge in [-0.2, -0.15) is 0 Å². The normalized spacial score (nSPS) is 16.8. The van der Waals surface area contributed by atoms with E-state index in [1.807, 2.05) is 121 Å². The highest BCUT2D eigenvalue weighted by atomic mass is 32.1. The van der Waals surface area contributed by atoms with Gasteiger partial charge in [-0.25, -0.2) is 14.8 Å². The highest BCUT2D eigenvalue weighted by Crippen LogP contribution is 2.46. The Hall–Kier alpha value is -6.09. The number of aryl methyl sites for hydroxylation is 4. The molecule has 0 aliphatic carbocycles. The fourth-order valence-corrected chi connectivity index (χ4v) is 15.9. The number of aromatic nitrogens is 2. The van der Waals surface area contributed by atoms with Crippen molar-refractivity contribution in [2.45, 2.75) is 171 Å². The van der Waals surface area contributed by atoms with Gasteiger partial charge in [0.2, 0.25) is 11.8 Å². The van der Waals surface area contributed by atoms with Crippen LogP contribution in [0, 0.1) is 53.4 Å². The van der Waals surface area contributed by atoms with E-state index < -0.39 is 5.60 Å². The van der Waals surface area contributed by atoms with Gasteiger partial charge in [-0.3, -0.25) is 9.59 Å². The van der Waals surface area contributed by atoms with Gasteiger partial charge < -0.3 is 34.2 Å². The highest BCUT2D eigenvalue weighted by molar-refractivity contribution is 7.13. The molecule has 2 aromatic carbocycles. The minimum Gasteiger partial charge on any atom is -0.473 e. The van der Waals surface area contributed by atoms with E-state index in [4.69, 9.17) is 24.2 Å². The summed E-state index contributed by atoms with van der Waals surface area (Å²) in [6.45, 7) is 29.7. The summed E-state index contributed by atoms with van der Waals surface area (Å²) in [5, 5.41) is 3.50. The molecular weight excluding hydrogens is 1050 g/mol. The van der Waals surface area contributed by atoms with Crippen LogP contribution in [-0.2, 0) is 43.9 Å². The molecule has 6 aromatic rings. The Morgan fingerprint density at radius 3 is 1.46 bits per heavy atom. The van der Waals surface area contributed by atoms with Gasteiger partial charge in [0, 0.05) is 81.0 Å². The van der Waals surface area contributed by atoms with Crippen molar-refractivity contribution in [1.29, 1.82) is 0 Å². The SMILES string of the molecule is CCC(c1sc2c(c1C)C(=O)N(Cc1c(C)cc(C)nc1OCc1ccccc1)CC2)C1CCN(C(=O)OC(C)(C)C)CC1.CCC(c1sc2c(c1C)C(=O)N(Cc1c(C)cc(C)nc1OCc1ccccc1)CC2)C1CCNCC1. The zero-order valence-corrected chi connectivity index (χ0v) is 51.6. The van der Waals surface area contributed by atoms with Gasteiger partial charge in [0.1, 0.15) is 18.8 Å². The van der Waals surface area contributed by atoms with E-state index in [0.29, 0.717) is 81.4 Å². The summed E-state index contributed by atoms with van der Waals surface area (Å²) in [4.78, 5) is 61.1. The van der Waals surface area contributed by atoms with Crippen molar-refractivity contribution in [2.24, 2.45) is 11.8 Å². The van der Waals surface area contributed by atoms with Crippen LogP contribution in [0.25, 0.3) is 0 Å². The zero-order valence-electron chi connectivity index (χ0n) is 50.0. The van der Waals surface area contributed by atoms with Gasteiger partial charge in [0.05, 0.1) is 24.2 Å². The molecule has 14 heteroatoms. The maximum atomic E-state index is 14.1. The van der Waals surface area contributed by atoms with Crippen LogP contribution in [0.3, 0.4) is 0 Å². The van der Waals surface area contributed by atoms with Gasteiger partial charge in [0.15, 0.2) is 0 Å². The Labute approximate surface area is 490 Å². The smallest absolute Gasteiger partial charge is 0.410 e. The molecule has 12 nitrogen and oxygen atoms in total. The number of pyridine rings is 2. The Kier molecular flexibility index (Phi) is 19.4. The van der Waals surface area contributed by atoms with E-state index in [1.165, 1.54) is 37.9 Å². The van der Waals surface area contributed by atoms with Crippen LogP contribution in [0.2, 0.25) is 0 Å². The van der Waals surface area contributed by atoms with Crippen molar-refractivity contribution in [3.05, 3.63) is 159 Å². The van der Waals surface area contributed by atoms with E-state index >= 15 is 0 Å². The second-order valence-corrected chi connectivity index (χ2v) is 26.2. The lowest BCUT2D eigenvalue weighted by atomic mass is 9.80. The number of carbonyl (C=O) groups excluding carboxylic acids is 3. The molecule has 2 unspecified atom stereocenters. The molecule has 8 heterocycles. The molecule has 4 aliphatic heterocycles. The molecule has 0 bridgehead atoms. The lowest BCUT2D eigenvalue weighted by Gasteiger charge is -2.36. The molecule has 3 amide bonds. The molecule has 4 aliphatic rings. The average molecular weight is 1140 g/mol. The van der Waals surface area contributed by atoms with Gasteiger partial charge in [-0.15, -0.1) is 22.7 Å². The summed E-state index contributed by atoms with van der Waals surface area (Å²) in [5.74, 6) is 3.65. The van der Waals surface area contributed by atoms with Crippen LogP contribution in [0.1, 0.15) is 181 Å². The first-order valence-electron chi connectivity index (χ1n) is 29.7. The van der Waals surface area contributed by atoms with Crippen LogP contribution in [-0.4, -0.2) is 87.4 Å². The van der Waals surface area contributed by atoms with Crippen molar-refractivity contribution in [2.75, 3.05) is 39.3 Å². The predicted molar refractivity (Wildman–Crippen MR) is 326 cm³/mol. The van der Waals surface area contributed by atoms with E-state index in [1.54, 1.807) is 0 Å². The molecule has 2 atom stereocenters. The number of carbonyl (C=O) groups is 3. The Morgan fingerprint density at radius 2 is 1.05 bits per heavy atom. The van der Waals surface area contributed by atoms with E-state index in [9.17, 15) is 14.4 Å². The molecule has 0 saturated carbocycles. The van der Waals surface area contributed by atoms with Gasteiger partial charge >= 0.3 is 6.09 Å². The first-order valence-corrected chi connectivity index (χ1v) is 31.3. The highest BCUT2D eigenvalue weighted by Gasteiger charge is 2.38. The quantitative estimate of drug-likeness (QED) is 0.101. The third kappa shape index (κ3) is 14.1. The minimum atomic E-state index is -0.487. The largest absolute Gasteiger partial charge is 0.473 e. The van der Waals surface area contributed by atoms with Gasteiger partial charge in [-0.05, 0) is 183 Å². The zero-order chi connectivity index (χ0) is 57.5. The van der Waals surface area contributed by atoms with Crippen molar-refractivity contribution in [1.82, 2.24) is 30.0 Å². The maximum Gasteiger partial charge on any atom is 0.410 e. The summed E-state index contributed by atoms with van der Waals surface area (Å²) in [6.07, 6.45) is 8.08. The average Bonchev–Trinajstić information content (AvgIpc) is 4.14. The van der Waals surface area contributed by atoms with Crippen LogP contribution < -0.4 is 14.8 Å². The molecule has 2 fully saturated rings. The summed E-state index contributed by atoms with van der Waals surface area (Å²) in [7, 11) is 0. The summed E-state index contributed by atoms with van der Waals surface area (Å²) < 4.78 is 18.1. The Morgan fingerprint density at radius 1 is 0.630 bits per heavy atom. The maximum absolute atomic E-state index is 14.1. The van der Waals surface area contributed by atoms with Gasteiger partial charge in [-0.1, -0.05) is 74.5 Å². The number of ether oxygens (including phenoxy) is 3. The summed E-state index contributed by atoms with van der Waals surface area (Å²) in [5.41, 5.74) is 11.9. The molecule has 10 rings (SSSR count). The third-order valence-electron chi connectivity index (χ3n) is 17.0. The van der Waals surface area contributed by atoms with Crippen LogP contribution in [0.5, 0.6) is 11.8 Å². The van der Waals surface area contributed by atoms with E-state index in [-0.39, 0.29) is 17.9 Å². The number of rotatable bonds is 16. The van der Waals surface area contributed by atoms with Crippen molar-refractivity contribution in [3.8, 4) is 11.8 Å². The molecular formula is C67H86N6O6S2. The number of piperidine rings is 2. The van der Waals surface area contributed by atoms with Crippen molar-refractivity contribution >= 4 is 40.6 Å².